The Morgan fingerprint density at radius 3 is 2.41 bits per heavy atom. The average molecular weight is 308 g/mol. The second-order valence-electron chi connectivity index (χ2n) is 7.60. The van der Waals surface area contributed by atoms with E-state index in [1.54, 1.807) is 12.1 Å². The second-order valence-corrected chi connectivity index (χ2v) is 7.60. The van der Waals surface area contributed by atoms with Crippen molar-refractivity contribution in [2.45, 2.75) is 32.8 Å². The third-order valence-electron chi connectivity index (χ3n) is 3.01. The van der Waals surface area contributed by atoms with E-state index in [0.29, 0.717) is 11.3 Å². The minimum Gasteiger partial charge on any atom is -0.456 e. The Kier molecular flexibility index (Phi) is 5.83. The second kappa shape index (κ2) is 7.01. The summed E-state index contributed by atoms with van der Waals surface area (Å²) in [6.07, 6.45) is 1.05. The lowest BCUT2D eigenvalue weighted by Gasteiger charge is -2.24. The number of hydrogen-bond acceptors (Lipinski definition) is 4. The molecular weight excluding hydrogens is 278 g/mol. The van der Waals surface area contributed by atoms with Crippen LogP contribution in [0.1, 0.15) is 37.6 Å². The third kappa shape index (κ3) is 6.80. The maximum absolute atomic E-state index is 12.0. The first-order valence-electron chi connectivity index (χ1n) is 7.65. The highest BCUT2D eigenvalue weighted by Crippen LogP contribution is 2.21. The molecule has 1 aromatic carbocycles. The van der Waals surface area contributed by atoms with Crippen molar-refractivity contribution in [3.8, 4) is 0 Å². The van der Waals surface area contributed by atoms with Gasteiger partial charge < -0.3 is 20.3 Å². The predicted molar refractivity (Wildman–Crippen MR) is 92.0 cm³/mol. The van der Waals surface area contributed by atoms with Gasteiger partial charge in [0.15, 0.2) is 0 Å². The van der Waals surface area contributed by atoms with Crippen LogP contribution in [0.2, 0.25) is 0 Å². The zero-order valence-electron chi connectivity index (χ0n) is 14.7. The Hall–Kier alpha value is -1.75. The van der Waals surface area contributed by atoms with E-state index < -0.39 is 5.60 Å². The molecule has 5 nitrogen and oxygen atoms in total. The fourth-order valence-corrected chi connectivity index (χ4v) is 1.96. The molecule has 0 aliphatic carbocycles. The summed E-state index contributed by atoms with van der Waals surface area (Å²) >= 11 is 0. The molecule has 0 heterocycles. The Labute approximate surface area is 134 Å². The molecule has 5 heteroatoms. The van der Waals surface area contributed by atoms with Gasteiger partial charge in [-0.3, -0.25) is 0 Å². The Morgan fingerprint density at radius 1 is 1.27 bits per heavy atom. The van der Waals surface area contributed by atoms with Crippen LogP contribution in [0.3, 0.4) is 0 Å². The van der Waals surface area contributed by atoms with E-state index in [1.807, 2.05) is 26.8 Å². The van der Waals surface area contributed by atoms with Crippen LogP contribution in [0.15, 0.2) is 18.2 Å². The van der Waals surface area contributed by atoms with Gasteiger partial charge in [-0.15, -0.1) is 0 Å². The van der Waals surface area contributed by atoms with Crippen molar-refractivity contribution in [3.63, 3.8) is 0 Å². The molecule has 0 spiro atoms. The van der Waals surface area contributed by atoms with Crippen LogP contribution in [-0.4, -0.2) is 50.3 Å². The number of carbonyl (C=O) groups excluding carboxylic acids is 1. The van der Waals surface area contributed by atoms with Crippen molar-refractivity contribution in [2.24, 2.45) is 0 Å². The van der Waals surface area contributed by atoms with Crippen molar-refractivity contribution in [2.75, 3.05) is 45.3 Å². The van der Waals surface area contributed by atoms with Gasteiger partial charge in [0.2, 0.25) is 0 Å². The Balaban J connectivity index is 2.60. The highest BCUT2D eigenvalue weighted by atomic mass is 16.6. The number of nitrogen functional groups attached to an aromatic ring is 1. The molecule has 0 amide bonds. The van der Waals surface area contributed by atoms with Crippen LogP contribution < -0.4 is 11.1 Å². The SMILES string of the molecule is CC(C)(C)OC(=O)c1ccc(NCCC[N+](C)(C)C)c(N)c1. The largest absolute Gasteiger partial charge is 0.456 e. The minimum atomic E-state index is -0.506. The zero-order valence-corrected chi connectivity index (χ0v) is 14.7. The molecule has 0 unspecified atom stereocenters. The number of benzene rings is 1. The maximum Gasteiger partial charge on any atom is 0.338 e. The average Bonchev–Trinajstić information content (AvgIpc) is 2.32. The number of rotatable bonds is 6. The van der Waals surface area contributed by atoms with Crippen molar-refractivity contribution < 1.29 is 14.0 Å². The summed E-state index contributed by atoms with van der Waals surface area (Å²) in [5.74, 6) is -0.351. The van der Waals surface area contributed by atoms with Crippen molar-refractivity contribution in [1.82, 2.24) is 0 Å². The van der Waals surface area contributed by atoms with E-state index in [4.69, 9.17) is 10.5 Å². The van der Waals surface area contributed by atoms with E-state index >= 15 is 0 Å². The molecule has 0 fully saturated rings. The fraction of sp³-hybridized carbons (Fsp3) is 0.588. The van der Waals surface area contributed by atoms with E-state index in [9.17, 15) is 4.79 Å². The summed E-state index contributed by atoms with van der Waals surface area (Å²) in [7, 11) is 6.51. The quantitative estimate of drug-likeness (QED) is 0.367. The topological polar surface area (TPSA) is 64.3 Å². The van der Waals surface area contributed by atoms with Gasteiger partial charge in [-0.05, 0) is 39.0 Å². The van der Waals surface area contributed by atoms with Crippen LogP contribution in [0.5, 0.6) is 0 Å². The molecular formula is C17H30N3O2+. The summed E-state index contributed by atoms with van der Waals surface area (Å²) in [6.45, 7) is 7.47. The number of ether oxygens (including phenoxy) is 1. The van der Waals surface area contributed by atoms with Crippen molar-refractivity contribution in [3.05, 3.63) is 23.8 Å². The van der Waals surface area contributed by atoms with Gasteiger partial charge in [0.05, 0.1) is 44.6 Å². The predicted octanol–water partition coefficient (Wildman–Crippen LogP) is 2.73. The Morgan fingerprint density at radius 2 is 1.91 bits per heavy atom. The number of carbonyl (C=O) groups is 1. The van der Waals surface area contributed by atoms with Crippen LogP contribution in [-0.2, 0) is 4.74 Å². The summed E-state index contributed by atoms with van der Waals surface area (Å²) < 4.78 is 6.28. The van der Waals surface area contributed by atoms with E-state index in [1.165, 1.54) is 0 Å². The first-order chi connectivity index (χ1) is 9.98. The first kappa shape index (κ1) is 18.3. The summed E-state index contributed by atoms with van der Waals surface area (Å²) in [5.41, 5.74) is 7.41. The lowest BCUT2D eigenvalue weighted by atomic mass is 10.1. The molecule has 0 atom stereocenters. The lowest BCUT2D eigenvalue weighted by molar-refractivity contribution is -0.870. The molecule has 0 radical (unpaired) electrons. The highest BCUT2D eigenvalue weighted by molar-refractivity contribution is 5.92. The summed E-state index contributed by atoms with van der Waals surface area (Å²) in [5, 5.41) is 3.31. The van der Waals surface area contributed by atoms with E-state index in [2.05, 4.69) is 26.5 Å². The van der Waals surface area contributed by atoms with Crippen LogP contribution in [0.4, 0.5) is 11.4 Å². The number of nitrogens with two attached hydrogens (primary N) is 1. The molecule has 0 aromatic heterocycles. The molecule has 0 saturated carbocycles. The monoisotopic (exact) mass is 308 g/mol. The molecule has 0 aliphatic heterocycles. The van der Waals surface area contributed by atoms with Crippen LogP contribution in [0, 0.1) is 0 Å². The van der Waals surface area contributed by atoms with Gasteiger partial charge in [0.25, 0.3) is 0 Å². The maximum atomic E-state index is 12.0. The number of esters is 1. The van der Waals surface area contributed by atoms with Crippen LogP contribution in [0.25, 0.3) is 0 Å². The zero-order chi connectivity index (χ0) is 17.0. The Bertz CT molecular complexity index is 514. The normalized spacial score (nSPS) is 12.1. The van der Waals surface area contributed by atoms with Crippen molar-refractivity contribution >= 4 is 17.3 Å². The number of nitrogens with zero attached hydrogens (tertiary/aromatic N) is 1. The van der Waals surface area contributed by atoms with Gasteiger partial charge >= 0.3 is 5.97 Å². The molecule has 1 rings (SSSR count). The van der Waals surface area contributed by atoms with E-state index in [-0.39, 0.29) is 5.97 Å². The molecule has 3 N–H and O–H groups in total. The molecule has 124 valence electrons. The third-order valence-corrected chi connectivity index (χ3v) is 3.01. The fourth-order valence-electron chi connectivity index (χ4n) is 1.96. The lowest BCUT2D eigenvalue weighted by Crippen LogP contribution is -2.36. The highest BCUT2D eigenvalue weighted by Gasteiger charge is 2.18. The van der Waals surface area contributed by atoms with Crippen LogP contribution >= 0.6 is 0 Å². The smallest absolute Gasteiger partial charge is 0.338 e. The van der Waals surface area contributed by atoms with Gasteiger partial charge in [-0.25, -0.2) is 4.79 Å². The molecule has 0 bridgehead atoms. The molecule has 0 saturated heterocycles. The number of hydrogen-bond donors (Lipinski definition) is 2. The molecule has 0 aliphatic rings. The number of anilines is 2. The first-order valence-corrected chi connectivity index (χ1v) is 7.65. The summed E-state index contributed by atoms with van der Waals surface area (Å²) in [4.78, 5) is 12.0. The van der Waals surface area contributed by atoms with Crippen molar-refractivity contribution in [1.29, 1.82) is 0 Å². The standard InChI is InChI=1S/C17H29N3O2/c1-17(2,3)22-16(21)13-8-9-15(14(18)12-13)19-10-7-11-20(4,5)6/h8-9,12H,7,10-11,18H2,1-6H3/p+1. The van der Waals surface area contributed by atoms with Gasteiger partial charge in [-0.2, -0.15) is 0 Å². The van der Waals surface area contributed by atoms with Gasteiger partial charge in [-0.1, -0.05) is 0 Å². The van der Waals surface area contributed by atoms with Gasteiger partial charge in [0.1, 0.15) is 5.60 Å². The molecule has 22 heavy (non-hydrogen) atoms. The van der Waals surface area contributed by atoms with E-state index in [0.717, 1.165) is 29.7 Å². The molecule has 1 aromatic rings. The minimum absolute atomic E-state index is 0.351. The number of nitrogens with one attached hydrogen (secondary N) is 1. The number of quaternary nitrogens is 1. The summed E-state index contributed by atoms with van der Waals surface area (Å²) in [6, 6.07) is 5.24. The van der Waals surface area contributed by atoms with Gasteiger partial charge in [0, 0.05) is 13.0 Å².